The molecular formula is C16H38GeN2S2. The molecule has 0 aliphatic rings. The second-order valence-corrected chi connectivity index (χ2v) is 27.5. The topological polar surface area (TPSA) is 52.0 Å². The van der Waals surface area contributed by atoms with Crippen LogP contribution < -0.4 is 11.5 Å². The van der Waals surface area contributed by atoms with Gasteiger partial charge < -0.3 is 0 Å². The van der Waals surface area contributed by atoms with Gasteiger partial charge in [-0.05, 0) is 0 Å². The van der Waals surface area contributed by atoms with E-state index in [1.165, 1.54) is 23.3 Å². The predicted molar refractivity (Wildman–Crippen MR) is 106 cm³/mol. The quantitative estimate of drug-likeness (QED) is 0.471. The van der Waals surface area contributed by atoms with Crippen LogP contribution in [0.3, 0.4) is 0 Å². The van der Waals surface area contributed by atoms with E-state index in [2.05, 4.69) is 61.7 Å². The van der Waals surface area contributed by atoms with Gasteiger partial charge in [0, 0.05) is 0 Å². The first-order valence-corrected chi connectivity index (χ1v) is 18.4. The minimum atomic E-state index is -2.01. The third-order valence-corrected chi connectivity index (χ3v) is 27.9. The van der Waals surface area contributed by atoms with Crippen molar-refractivity contribution in [3.63, 3.8) is 0 Å². The summed E-state index contributed by atoms with van der Waals surface area (Å²) in [6, 6.07) is 0. The van der Waals surface area contributed by atoms with Gasteiger partial charge in [-0.25, -0.2) is 0 Å². The zero-order valence-corrected chi connectivity index (χ0v) is 18.8. The fourth-order valence-corrected chi connectivity index (χ4v) is 31.4. The molecule has 21 heavy (non-hydrogen) atoms. The monoisotopic (exact) mass is 396 g/mol. The Morgan fingerprint density at radius 2 is 1.05 bits per heavy atom. The standard InChI is InChI=1S/C16H38GeN2S2/c1-13(2)7-9-17(10-8-14(3)4,20-15(5)11-18)21-16(6)12-19/h13-16H,7-12,18-19H2,1-6H3. The van der Waals surface area contributed by atoms with E-state index >= 15 is 0 Å². The van der Waals surface area contributed by atoms with Crippen molar-refractivity contribution in [2.45, 2.75) is 75.4 Å². The van der Waals surface area contributed by atoms with Crippen molar-refractivity contribution in [1.82, 2.24) is 0 Å². The maximum absolute atomic E-state index is 5.93. The molecule has 0 fully saturated rings. The summed E-state index contributed by atoms with van der Waals surface area (Å²) in [5, 5.41) is 4.10. The SMILES string of the molecule is CC(C)C[CH2][Ge]([CH2]CC(C)C)([S]C(C)CN)[S]C(C)CN. The number of rotatable bonds is 12. The Kier molecular flexibility index (Phi) is 12.3. The molecule has 128 valence electrons. The normalized spacial score (nSPS) is 15.7. The molecule has 0 amide bonds. The summed E-state index contributed by atoms with van der Waals surface area (Å²) in [6.07, 6.45) is 2.74. The van der Waals surface area contributed by atoms with Crippen molar-refractivity contribution in [3.8, 4) is 0 Å². The molecule has 4 N–H and O–H groups in total. The Balaban J connectivity index is 5.04. The van der Waals surface area contributed by atoms with Gasteiger partial charge in [0.15, 0.2) is 0 Å². The first-order valence-electron chi connectivity index (χ1n) is 8.50. The van der Waals surface area contributed by atoms with E-state index in [-0.39, 0.29) is 0 Å². The van der Waals surface area contributed by atoms with Crippen LogP contribution in [0, 0.1) is 11.8 Å². The van der Waals surface area contributed by atoms with Crippen LogP contribution in [0.4, 0.5) is 0 Å². The molecule has 0 aromatic rings. The molecule has 0 bridgehead atoms. The van der Waals surface area contributed by atoms with Crippen molar-refractivity contribution in [2.75, 3.05) is 13.1 Å². The van der Waals surface area contributed by atoms with E-state index in [1.54, 1.807) is 0 Å². The van der Waals surface area contributed by atoms with E-state index in [1.807, 2.05) is 0 Å². The Bertz CT molecular complexity index is 237. The van der Waals surface area contributed by atoms with Crippen molar-refractivity contribution in [1.29, 1.82) is 0 Å². The van der Waals surface area contributed by atoms with Crippen LogP contribution in [-0.4, -0.2) is 34.6 Å². The molecular weight excluding hydrogens is 357 g/mol. The van der Waals surface area contributed by atoms with Crippen molar-refractivity contribution in [2.24, 2.45) is 23.3 Å². The van der Waals surface area contributed by atoms with Crippen molar-refractivity contribution < 1.29 is 0 Å². The van der Waals surface area contributed by atoms with Crippen molar-refractivity contribution in [3.05, 3.63) is 0 Å². The molecule has 0 aromatic heterocycles. The third kappa shape index (κ3) is 10.5. The minimum absolute atomic E-state index is 0.599. The fraction of sp³-hybridized carbons (Fsp3) is 1.00. The Hall–Kier alpha value is 1.16. The second-order valence-electron chi connectivity index (χ2n) is 7.10. The molecule has 2 unspecified atom stereocenters. The Morgan fingerprint density at radius 1 is 0.714 bits per heavy atom. The van der Waals surface area contributed by atoms with Gasteiger partial charge in [0.1, 0.15) is 0 Å². The summed E-state index contributed by atoms with van der Waals surface area (Å²) >= 11 is 0. The molecule has 0 aromatic carbocycles. The first-order chi connectivity index (χ1) is 9.74. The molecule has 0 radical (unpaired) electrons. The number of hydrogen-bond acceptors (Lipinski definition) is 4. The predicted octanol–water partition coefficient (Wildman–Crippen LogP) is 4.68. The average molecular weight is 395 g/mol. The van der Waals surface area contributed by atoms with Gasteiger partial charge in [-0.1, -0.05) is 0 Å². The number of hydrogen-bond donors (Lipinski definition) is 2. The van der Waals surface area contributed by atoms with E-state index in [4.69, 9.17) is 11.5 Å². The van der Waals surface area contributed by atoms with E-state index in [0.717, 1.165) is 24.9 Å². The van der Waals surface area contributed by atoms with Gasteiger partial charge >= 0.3 is 143 Å². The molecule has 0 aliphatic carbocycles. The summed E-state index contributed by atoms with van der Waals surface area (Å²) in [6.45, 7) is 15.6. The maximum atomic E-state index is 5.93. The Morgan fingerprint density at radius 3 is 1.29 bits per heavy atom. The molecule has 0 heterocycles. The van der Waals surface area contributed by atoms with Crippen LogP contribution in [0.15, 0.2) is 0 Å². The average Bonchev–Trinajstić information content (AvgIpc) is 2.42. The van der Waals surface area contributed by atoms with E-state index in [9.17, 15) is 0 Å². The summed E-state index contributed by atoms with van der Waals surface area (Å²) in [5.74, 6) is 1.60. The van der Waals surface area contributed by atoms with E-state index < -0.39 is 11.0 Å². The Labute approximate surface area is 142 Å². The van der Waals surface area contributed by atoms with Crippen LogP contribution in [0.25, 0.3) is 0 Å². The molecule has 0 saturated heterocycles. The third-order valence-electron chi connectivity index (χ3n) is 3.70. The van der Waals surface area contributed by atoms with Gasteiger partial charge in [0.05, 0.1) is 0 Å². The molecule has 0 spiro atoms. The van der Waals surface area contributed by atoms with Crippen LogP contribution >= 0.6 is 20.2 Å². The molecule has 2 nitrogen and oxygen atoms in total. The van der Waals surface area contributed by atoms with Gasteiger partial charge in [0.25, 0.3) is 0 Å². The molecule has 0 rings (SSSR count). The molecule has 2 atom stereocenters. The van der Waals surface area contributed by atoms with Crippen LogP contribution in [0.5, 0.6) is 0 Å². The fourth-order valence-electron chi connectivity index (χ4n) is 2.24. The van der Waals surface area contributed by atoms with Gasteiger partial charge in [-0.15, -0.1) is 0 Å². The molecule has 5 heteroatoms. The summed E-state index contributed by atoms with van der Waals surface area (Å²) in [5.41, 5.74) is 11.9. The first kappa shape index (κ1) is 22.2. The summed E-state index contributed by atoms with van der Waals surface area (Å²) in [7, 11) is 2.57. The summed E-state index contributed by atoms with van der Waals surface area (Å²) in [4.78, 5) is 0. The van der Waals surface area contributed by atoms with Crippen molar-refractivity contribution >= 4 is 31.2 Å². The summed E-state index contributed by atoms with van der Waals surface area (Å²) < 4.78 is 0. The van der Waals surface area contributed by atoms with Crippen LogP contribution in [0.1, 0.15) is 54.4 Å². The second kappa shape index (κ2) is 11.7. The van der Waals surface area contributed by atoms with Crippen LogP contribution in [0.2, 0.25) is 10.5 Å². The van der Waals surface area contributed by atoms with Crippen LogP contribution in [-0.2, 0) is 0 Å². The molecule has 0 aliphatic heterocycles. The van der Waals surface area contributed by atoms with Gasteiger partial charge in [-0.2, -0.15) is 0 Å². The zero-order valence-electron chi connectivity index (χ0n) is 15.0. The number of nitrogens with two attached hydrogens (primary N) is 2. The zero-order chi connectivity index (χ0) is 16.5. The van der Waals surface area contributed by atoms with E-state index in [0.29, 0.717) is 10.5 Å². The van der Waals surface area contributed by atoms with Gasteiger partial charge in [-0.3, -0.25) is 0 Å². The molecule has 0 saturated carbocycles. The van der Waals surface area contributed by atoms with Gasteiger partial charge in [0.2, 0.25) is 0 Å².